The molecule has 29 heavy (non-hydrogen) atoms. The Kier molecular flexibility index (Phi) is 6.55. The minimum Gasteiger partial charge on any atom is -0.336 e. The second-order valence-corrected chi connectivity index (χ2v) is 7.48. The van der Waals surface area contributed by atoms with E-state index >= 15 is 0 Å². The maximum absolute atomic E-state index is 13.7. The van der Waals surface area contributed by atoms with Crippen molar-refractivity contribution in [1.29, 1.82) is 0 Å². The molecule has 0 saturated carbocycles. The van der Waals surface area contributed by atoms with Crippen molar-refractivity contribution in [2.45, 2.75) is 25.8 Å². The van der Waals surface area contributed by atoms with Gasteiger partial charge in [0.2, 0.25) is 5.91 Å². The van der Waals surface area contributed by atoms with Crippen molar-refractivity contribution in [1.82, 2.24) is 14.5 Å². The third-order valence-corrected chi connectivity index (χ3v) is 5.39. The first-order valence-electron chi connectivity index (χ1n) is 9.14. The van der Waals surface area contributed by atoms with Gasteiger partial charge in [-0.05, 0) is 43.7 Å². The second kappa shape index (κ2) is 8.93. The van der Waals surface area contributed by atoms with Gasteiger partial charge in [-0.3, -0.25) is 14.2 Å². The normalized spacial score (nSPS) is 12.2. The number of halogens is 3. The number of hydrogen-bond donors (Lipinski definition) is 0. The fourth-order valence-electron chi connectivity index (χ4n) is 3.09. The van der Waals surface area contributed by atoms with E-state index in [-0.39, 0.29) is 16.5 Å². The van der Waals surface area contributed by atoms with E-state index in [4.69, 9.17) is 23.2 Å². The summed E-state index contributed by atoms with van der Waals surface area (Å²) in [6.07, 6.45) is 0.855. The molecule has 1 unspecified atom stereocenters. The van der Waals surface area contributed by atoms with Crippen molar-refractivity contribution in [3.63, 3.8) is 0 Å². The molecule has 2 aromatic carbocycles. The monoisotopic (exact) mass is 435 g/mol. The fraction of sp³-hybridized carbons (Fsp3) is 0.286. The maximum atomic E-state index is 13.7. The van der Waals surface area contributed by atoms with Crippen LogP contribution < -0.4 is 5.56 Å². The van der Waals surface area contributed by atoms with E-state index in [0.29, 0.717) is 41.1 Å². The number of rotatable bonds is 6. The number of alkyl halides is 1. The van der Waals surface area contributed by atoms with Crippen molar-refractivity contribution in [2.75, 3.05) is 12.9 Å². The third kappa shape index (κ3) is 4.28. The molecule has 3 rings (SSSR count). The number of aromatic nitrogens is 2. The van der Waals surface area contributed by atoms with E-state index < -0.39 is 11.9 Å². The topological polar surface area (TPSA) is 55.2 Å². The molecule has 8 heteroatoms. The number of nitrogens with zero attached hydrogens (tertiary/aromatic N) is 3. The molecular formula is C21H20Cl2FN3O2. The molecule has 0 radical (unpaired) electrons. The van der Waals surface area contributed by atoms with Gasteiger partial charge in [0.05, 0.1) is 27.7 Å². The Labute approximate surface area is 177 Å². The number of amides is 1. The van der Waals surface area contributed by atoms with Crippen LogP contribution in [0.25, 0.3) is 16.6 Å². The van der Waals surface area contributed by atoms with Crippen LogP contribution in [0.3, 0.4) is 0 Å². The first-order chi connectivity index (χ1) is 13.8. The van der Waals surface area contributed by atoms with Gasteiger partial charge in [0.25, 0.3) is 5.56 Å². The zero-order valence-electron chi connectivity index (χ0n) is 16.0. The molecule has 0 bridgehead atoms. The van der Waals surface area contributed by atoms with Crippen LogP contribution in [0, 0.1) is 5.82 Å². The standard InChI is InChI=1S/C21H20Cl2FN3O2/c1-13(26(2)19(28)8-5-11-22)20-25-18-7-4-3-6-15(18)21(29)27(20)14-9-10-17(24)16(23)12-14/h3-4,6-7,9-10,12-13H,5,8,11H2,1-2H3. The van der Waals surface area contributed by atoms with E-state index in [1.807, 2.05) is 0 Å². The molecule has 0 aliphatic heterocycles. The van der Waals surface area contributed by atoms with Crippen molar-refractivity contribution < 1.29 is 9.18 Å². The van der Waals surface area contributed by atoms with Crippen LogP contribution >= 0.6 is 23.2 Å². The lowest BCUT2D eigenvalue weighted by Gasteiger charge is -2.27. The molecule has 0 aliphatic rings. The van der Waals surface area contributed by atoms with Gasteiger partial charge in [0.1, 0.15) is 11.6 Å². The van der Waals surface area contributed by atoms with Crippen molar-refractivity contribution in [3.8, 4) is 5.69 Å². The third-order valence-electron chi connectivity index (χ3n) is 4.84. The van der Waals surface area contributed by atoms with Gasteiger partial charge in [-0.15, -0.1) is 11.6 Å². The fourth-order valence-corrected chi connectivity index (χ4v) is 3.40. The molecule has 3 aromatic rings. The van der Waals surface area contributed by atoms with Crippen LogP contribution in [0.15, 0.2) is 47.3 Å². The van der Waals surface area contributed by atoms with E-state index in [2.05, 4.69) is 4.98 Å². The highest BCUT2D eigenvalue weighted by Crippen LogP contribution is 2.25. The van der Waals surface area contributed by atoms with E-state index in [1.165, 1.54) is 27.7 Å². The molecule has 0 spiro atoms. The van der Waals surface area contributed by atoms with Gasteiger partial charge >= 0.3 is 0 Å². The zero-order chi connectivity index (χ0) is 21.1. The summed E-state index contributed by atoms with van der Waals surface area (Å²) in [4.78, 5) is 32.0. The van der Waals surface area contributed by atoms with Crippen LogP contribution in [-0.4, -0.2) is 33.3 Å². The van der Waals surface area contributed by atoms with E-state index in [0.717, 1.165) is 0 Å². The summed E-state index contributed by atoms with van der Waals surface area (Å²) in [5.41, 5.74) is 0.579. The molecule has 152 valence electrons. The van der Waals surface area contributed by atoms with Crippen LogP contribution in [0.5, 0.6) is 0 Å². The lowest BCUT2D eigenvalue weighted by Crippen LogP contribution is -2.34. The van der Waals surface area contributed by atoms with Gasteiger partial charge in [-0.2, -0.15) is 0 Å². The van der Waals surface area contributed by atoms with Crippen LogP contribution in [0.4, 0.5) is 4.39 Å². The largest absolute Gasteiger partial charge is 0.336 e. The van der Waals surface area contributed by atoms with Gasteiger partial charge < -0.3 is 4.90 Å². The van der Waals surface area contributed by atoms with Gasteiger partial charge in [-0.25, -0.2) is 9.37 Å². The molecule has 1 amide bonds. The van der Waals surface area contributed by atoms with Crippen LogP contribution in [-0.2, 0) is 4.79 Å². The lowest BCUT2D eigenvalue weighted by molar-refractivity contribution is -0.132. The highest BCUT2D eigenvalue weighted by Gasteiger charge is 2.24. The average Bonchev–Trinajstić information content (AvgIpc) is 2.73. The summed E-state index contributed by atoms with van der Waals surface area (Å²) in [6, 6.07) is 10.5. The average molecular weight is 436 g/mol. The molecular weight excluding hydrogens is 416 g/mol. The van der Waals surface area contributed by atoms with E-state index in [9.17, 15) is 14.0 Å². The highest BCUT2D eigenvalue weighted by molar-refractivity contribution is 6.30. The first kappa shape index (κ1) is 21.3. The molecule has 0 saturated heterocycles. The Morgan fingerprint density at radius 3 is 2.69 bits per heavy atom. The summed E-state index contributed by atoms with van der Waals surface area (Å²) in [7, 11) is 1.66. The zero-order valence-corrected chi connectivity index (χ0v) is 17.5. The molecule has 1 heterocycles. The predicted molar refractivity (Wildman–Crippen MR) is 113 cm³/mol. The Bertz CT molecular complexity index is 1120. The number of carbonyl (C=O) groups is 1. The van der Waals surface area contributed by atoms with Crippen LogP contribution in [0.2, 0.25) is 5.02 Å². The Morgan fingerprint density at radius 2 is 2.00 bits per heavy atom. The summed E-state index contributed by atoms with van der Waals surface area (Å²) >= 11 is 11.6. The lowest BCUT2D eigenvalue weighted by atomic mass is 10.1. The summed E-state index contributed by atoms with van der Waals surface area (Å²) in [5, 5.41) is 0.313. The maximum Gasteiger partial charge on any atom is 0.266 e. The smallest absolute Gasteiger partial charge is 0.266 e. The summed E-state index contributed by atoms with van der Waals surface area (Å²) in [6.45, 7) is 1.79. The number of para-hydroxylation sites is 1. The van der Waals surface area contributed by atoms with Crippen molar-refractivity contribution in [2.24, 2.45) is 0 Å². The van der Waals surface area contributed by atoms with Crippen molar-refractivity contribution in [3.05, 3.63) is 69.5 Å². The van der Waals surface area contributed by atoms with Crippen molar-refractivity contribution >= 4 is 40.0 Å². The molecule has 0 aliphatic carbocycles. The summed E-state index contributed by atoms with van der Waals surface area (Å²) in [5.74, 6) is 0.0589. The quantitative estimate of drug-likeness (QED) is 0.526. The molecule has 5 nitrogen and oxygen atoms in total. The molecule has 0 N–H and O–H groups in total. The van der Waals surface area contributed by atoms with Crippen LogP contribution in [0.1, 0.15) is 31.6 Å². The van der Waals surface area contributed by atoms with E-state index in [1.54, 1.807) is 38.2 Å². The number of carbonyl (C=O) groups excluding carboxylic acids is 1. The molecule has 1 aromatic heterocycles. The van der Waals surface area contributed by atoms with Gasteiger partial charge in [0, 0.05) is 19.3 Å². The Balaban J connectivity index is 2.20. The predicted octanol–water partition coefficient (Wildman–Crippen LogP) is 4.72. The number of fused-ring (bicyclic) bond motifs is 1. The Hall–Kier alpha value is -2.44. The second-order valence-electron chi connectivity index (χ2n) is 6.70. The van der Waals surface area contributed by atoms with Gasteiger partial charge in [-0.1, -0.05) is 23.7 Å². The Morgan fingerprint density at radius 1 is 1.28 bits per heavy atom. The SMILES string of the molecule is CC(c1nc2ccccc2c(=O)n1-c1ccc(F)c(Cl)c1)N(C)C(=O)CCCCl. The highest BCUT2D eigenvalue weighted by atomic mass is 35.5. The molecule has 1 atom stereocenters. The minimum absolute atomic E-state index is 0.104. The number of hydrogen-bond acceptors (Lipinski definition) is 3. The minimum atomic E-state index is -0.583. The number of benzene rings is 2. The summed E-state index contributed by atoms with van der Waals surface area (Å²) < 4.78 is 15.1. The van der Waals surface area contributed by atoms with Gasteiger partial charge in [0.15, 0.2) is 0 Å². The molecule has 0 fully saturated rings. The first-order valence-corrected chi connectivity index (χ1v) is 10.0.